The molecule has 3 aromatic carbocycles. The highest BCUT2D eigenvalue weighted by Crippen LogP contribution is 2.42. The molecule has 0 saturated carbocycles. The average Bonchev–Trinajstić information content (AvgIpc) is 2.90. The third kappa shape index (κ3) is 6.00. The number of aromatic carboxylic acids is 1. The van der Waals surface area contributed by atoms with Crippen molar-refractivity contribution in [3.05, 3.63) is 94.8 Å². The zero-order valence-corrected chi connectivity index (χ0v) is 25.1. The van der Waals surface area contributed by atoms with Crippen LogP contribution in [0.4, 0.5) is 0 Å². The fourth-order valence-corrected chi connectivity index (χ4v) is 5.00. The Hall–Kier alpha value is -3.02. The number of benzene rings is 3. The maximum absolute atomic E-state index is 13.3. The maximum Gasteiger partial charge on any atom is 0.335 e. The van der Waals surface area contributed by atoms with Crippen LogP contribution in [0.3, 0.4) is 0 Å². The number of fused-ring (bicyclic) bond motifs is 1. The second-order valence-electron chi connectivity index (χ2n) is 8.22. The van der Waals surface area contributed by atoms with E-state index in [1.165, 1.54) is 23.9 Å². The molecule has 0 amide bonds. The van der Waals surface area contributed by atoms with Gasteiger partial charge in [0.05, 0.1) is 34.3 Å². The number of rotatable bonds is 9. The van der Waals surface area contributed by atoms with Crippen LogP contribution in [-0.4, -0.2) is 34.1 Å². The Morgan fingerprint density at radius 1 is 1.11 bits per heavy atom. The second-order valence-corrected chi connectivity index (χ2v) is 10.7. The molecule has 1 N–H and O–H groups in total. The molecule has 8 nitrogen and oxygen atoms in total. The van der Waals surface area contributed by atoms with Gasteiger partial charge in [-0.2, -0.15) is 9.78 Å². The van der Waals surface area contributed by atoms with Gasteiger partial charge in [0.1, 0.15) is 12.4 Å². The van der Waals surface area contributed by atoms with E-state index in [1.54, 1.807) is 30.5 Å². The molecule has 0 aliphatic carbocycles. The predicted octanol–water partition coefficient (Wildman–Crippen LogP) is 6.80. The van der Waals surface area contributed by atoms with Gasteiger partial charge in [0, 0.05) is 20.9 Å². The van der Waals surface area contributed by atoms with Gasteiger partial charge in [-0.3, -0.25) is 4.79 Å². The lowest BCUT2D eigenvalue weighted by Crippen LogP contribution is -2.22. The van der Waals surface area contributed by atoms with Crippen molar-refractivity contribution >= 4 is 70.9 Å². The average molecular weight is 708 g/mol. The van der Waals surface area contributed by atoms with Crippen LogP contribution in [0.2, 0.25) is 0 Å². The summed E-state index contributed by atoms with van der Waals surface area (Å²) in [4.78, 5) is 29.0. The van der Waals surface area contributed by atoms with Gasteiger partial charge in [0.25, 0.3) is 5.56 Å². The molecular weight excluding hydrogens is 686 g/mol. The summed E-state index contributed by atoms with van der Waals surface area (Å²) in [7, 11) is 1.53. The third-order valence-corrected chi connectivity index (χ3v) is 8.26. The Bertz CT molecular complexity index is 1600. The van der Waals surface area contributed by atoms with Gasteiger partial charge in [0.15, 0.2) is 11.5 Å². The van der Waals surface area contributed by atoms with E-state index < -0.39 is 5.97 Å². The first-order valence-corrected chi connectivity index (χ1v) is 13.9. The normalized spacial score (nSPS) is 11.3. The minimum absolute atomic E-state index is 0.197. The Morgan fingerprint density at radius 2 is 1.84 bits per heavy atom. The number of hydrogen-bond donors (Lipinski definition) is 1. The van der Waals surface area contributed by atoms with Crippen LogP contribution < -0.4 is 15.0 Å². The first-order valence-electron chi connectivity index (χ1n) is 11.5. The summed E-state index contributed by atoms with van der Waals surface area (Å²) in [5, 5.41) is 14.1. The number of carbonyl (C=O) groups is 1. The Labute approximate surface area is 243 Å². The van der Waals surface area contributed by atoms with Gasteiger partial charge in [0.2, 0.25) is 0 Å². The molecule has 0 unspecified atom stereocenters. The van der Waals surface area contributed by atoms with Crippen LogP contribution in [0, 0.1) is 0 Å². The molecule has 0 aliphatic heterocycles. The number of aromatic nitrogens is 2. The summed E-state index contributed by atoms with van der Waals surface area (Å²) >= 11 is 10.6. The van der Waals surface area contributed by atoms with E-state index in [1.807, 2.05) is 19.1 Å². The van der Waals surface area contributed by atoms with E-state index in [0.717, 1.165) is 16.5 Å². The van der Waals surface area contributed by atoms with E-state index in [-0.39, 0.29) is 17.7 Å². The molecule has 0 fully saturated rings. The summed E-state index contributed by atoms with van der Waals surface area (Å²) < 4.78 is 14.9. The lowest BCUT2D eigenvalue weighted by Gasteiger charge is -2.15. The van der Waals surface area contributed by atoms with Gasteiger partial charge in [-0.05, 0) is 80.2 Å². The quantitative estimate of drug-likeness (QED) is 0.192. The zero-order chi connectivity index (χ0) is 27.4. The van der Waals surface area contributed by atoms with E-state index in [9.17, 15) is 9.59 Å². The minimum atomic E-state index is -0.987. The van der Waals surface area contributed by atoms with Gasteiger partial charge in [-0.1, -0.05) is 35.0 Å². The van der Waals surface area contributed by atoms with Crippen LogP contribution in [-0.2, 0) is 13.0 Å². The number of aryl methyl sites for hydroxylation is 1. The number of ether oxygens (including phenoxy) is 2. The smallest absolute Gasteiger partial charge is 0.335 e. The van der Waals surface area contributed by atoms with Crippen molar-refractivity contribution in [3.63, 3.8) is 0 Å². The molecule has 0 spiro atoms. The molecule has 0 aliphatic rings. The van der Waals surface area contributed by atoms with Crippen LogP contribution in [0.1, 0.15) is 40.7 Å². The van der Waals surface area contributed by atoms with E-state index in [0.29, 0.717) is 49.2 Å². The van der Waals surface area contributed by atoms with Crippen molar-refractivity contribution in [1.82, 2.24) is 9.66 Å². The standard InChI is InChI=1S/C27H22Br3N3O5/c1-3-4-22-32-20-10-9-18(28)12-19(20)26(34)33(22)31-13-17-11-21(37-2)25(24(30)23(17)29)38-14-15-5-7-16(8-6-15)27(35)36/h5-13H,3-4,14H2,1-2H3,(H,35,36). The molecule has 4 rings (SSSR count). The number of carboxylic acids is 1. The highest BCUT2D eigenvalue weighted by molar-refractivity contribution is 9.13. The van der Waals surface area contributed by atoms with Crippen LogP contribution >= 0.6 is 47.8 Å². The molecular formula is C27H22Br3N3O5. The number of methoxy groups -OCH3 is 1. The first-order chi connectivity index (χ1) is 18.2. The zero-order valence-electron chi connectivity index (χ0n) is 20.4. The van der Waals surface area contributed by atoms with Crippen LogP contribution in [0.5, 0.6) is 11.5 Å². The molecule has 1 heterocycles. The predicted molar refractivity (Wildman–Crippen MR) is 157 cm³/mol. The summed E-state index contributed by atoms with van der Waals surface area (Å²) in [6, 6.07) is 13.6. The molecule has 1 aromatic heterocycles. The Kier molecular flexibility index (Phi) is 9.01. The van der Waals surface area contributed by atoms with E-state index in [4.69, 9.17) is 14.6 Å². The van der Waals surface area contributed by atoms with Crippen molar-refractivity contribution in [2.75, 3.05) is 7.11 Å². The summed E-state index contributed by atoms with van der Waals surface area (Å²) in [6.07, 6.45) is 2.96. The minimum Gasteiger partial charge on any atom is -0.493 e. The van der Waals surface area contributed by atoms with Crippen molar-refractivity contribution < 1.29 is 19.4 Å². The highest BCUT2D eigenvalue weighted by Gasteiger charge is 2.18. The van der Waals surface area contributed by atoms with E-state index in [2.05, 4.69) is 57.9 Å². The van der Waals surface area contributed by atoms with Crippen LogP contribution in [0.25, 0.3) is 10.9 Å². The number of carboxylic acid groups (broad SMARTS) is 1. The van der Waals surface area contributed by atoms with Crippen LogP contribution in [0.15, 0.2) is 71.8 Å². The SMILES string of the molecule is CCCc1nc2ccc(Br)cc2c(=O)n1N=Cc1cc(OC)c(OCc2ccc(C(=O)O)cc2)c(Br)c1Br. The van der Waals surface area contributed by atoms with Crippen molar-refractivity contribution in [2.45, 2.75) is 26.4 Å². The lowest BCUT2D eigenvalue weighted by molar-refractivity contribution is 0.0697. The van der Waals surface area contributed by atoms with Gasteiger partial charge < -0.3 is 14.6 Å². The number of hydrogen-bond acceptors (Lipinski definition) is 6. The summed E-state index contributed by atoms with van der Waals surface area (Å²) in [6.45, 7) is 2.21. The molecule has 38 heavy (non-hydrogen) atoms. The molecule has 11 heteroatoms. The maximum atomic E-state index is 13.3. The summed E-state index contributed by atoms with van der Waals surface area (Å²) in [5.41, 5.74) is 2.01. The monoisotopic (exact) mass is 705 g/mol. The van der Waals surface area contributed by atoms with Gasteiger partial charge in [-0.25, -0.2) is 9.78 Å². The summed E-state index contributed by atoms with van der Waals surface area (Å²) in [5.74, 6) is 0.490. The Morgan fingerprint density at radius 3 is 2.50 bits per heavy atom. The van der Waals surface area contributed by atoms with Gasteiger partial charge >= 0.3 is 5.97 Å². The first kappa shape index (κ1) is 28.0. The third-order valence-electron chi connectivity index (χ3n) is 5.62. The molecule has 0 radical (unpaired) electrons. The lowest BCUT2D eigenvalue weighted by atomic mass is 10.1. The molecule has 0 bridgehead atoms. The van der Waals surface area contributed by atoms with Gasteiger partial charge in [-0.15, -0.1) is 0 Å². The molecule has 0 saturated heterocycles. The Balaban J connectivity index is 1.68. The van der Waals surface area contributed by atoms with E-state index >= 15 is 0 Å². The van der Waals surface area contributed by atoms with Crippen molar-refractivity contribution in [2.24, 2.45) is 5.10 Å². The largest absolute Gasteiger partial charge is 0.493 e. The molecule has 4 aromatic rings. The van der Waals surface area contributed by atoms with Crippen molar-refractivity contribution in [3.8, 4) is 11.5 Å². The molecule has 196 valence electrons. The highest BCUT2D eigenvalue weighted by atomic mass is 79.9. The topological polar surface area (TPSA) is 103 Å². The fourth-order valence-electron chi connectivity index (χ4n) is 3.70. The van der Waals surface area contributed by atoms with Crippen molar-refractivity contribution in [1.29, 1.82) is 0 Å². The number of nitrogens with zero attached hydrogens (tertiary/aromatic N) is 3. The second kappa shape index (κ2) is 12.2. The number of halogens is 3. The molecule has 0 atom stereocenters. The fraction of sp³-hybridized carbons (Fsp3) is 0.185.